The monoisotopic (exact) mass is 227 g/mol. The van der Waals surface area contributed by atoms with Crippen LogP contribution in [0.3, 0.4) is 0 Å². The van der Waals surface area contributed by atoms with Crippen LogP contribution in [0.5, 0.6) is 0 Å². The molecule has 1 atom stereocenters. The van der Waals surface area contributed by atoms with Gasteiger partial charge in [-0.15, -0.1) is 0 Å². The third kappa shape index (κ3) is 4.04. The number of nitrogens with zero attached hydrogens (tertiary/aromatic N) is 1. The fourth-order valence-corrected chi connectivity index (χ4v) is 1.52. The van der Waals surface area contributed by atoms with Gasteiger partial charge in [-0.1, -0.05) is 13.0 Å². The van der Waals surface area contributed by atoms with E-state index in [2.05, 4.69) is 0 Å². The quantitative estimate of drug-likeness (QED) is 0.513. The second kappa shape index (κ2) is 7.91. The third-order valence-corrected chi connectivity index (χ3v) is 2.25. The number of carbonyl (C=O) groups excluding carboxylic acids is 2. The average molecular weight is 227 g/mol. The smallest absolute Gasteiger partial charge is 0.328 e. The van der Waals surface area contributed by atoms with E-state index in [1.807, 2.05) is 13.8 Å². The Hall–Kier alpha value is -1.32. The zero-order valence-corrected chi connectivity index (χ0v) is 10.5. The Labute approximate surface area is 97.3 Å². The summed E-state index contributed by atoms with van der Waals surface area (Å²) in [5.74, 6) is -0.477. The van der Waals surface area contributed by atoms with Crippen LogP contribution in [0.4, 0.5) is 0 Å². The predicted octanol–water partition coefficient (Wildman–Crippen LogP) is 1.75. The second-order valence-electron chi connectivity index (χ2n) is 3.30. The highest BCUT2D eigenvalue weighted by Gasteiger charge is 2.26. The fourth-order valence-electron chi connectivity index (χ4n) is 1.52. The molecule has 0 aromatic heterocycles. The van der Waals surface area contributed by atoms with Crippen molar-refractivity contribution >= 4 is 11.9 Å². The Bertz CT molecular complexity index is 261. The topological polar surface area (TPSA) is 46.6 Å². The van der Waals surface area contributed by atoms with Crippen LogP contribution in [0.25, 0.3) is 0 Å². The lowest BCUT2D eigenvalue weighted by molar-refractivity contribution is -0.153. The Morgan fingerprint density at radius 3 is 2.31 bits per heavy atom. The van der Waals surface area contributed by atoms with E-state index in [1.165, 1.54) is 11.0 Å². The van der Waals surface area contributed by atoms with Crippen molar-refractivity contribution in [2.45, 2.75) is 40.2 Å². The van der Waals surface area contributed by atoms with E-state index in [4.69, 9.17) is 4.74 Å². The minimum atomic E-state index is -0.478. The zero-order valence-electron chi connectivity index (χ0n) is 10.5. The van der Waals surface area contributed by atoms with E-state index in [0.29, 0.717) is 19.6 Å². The van der Waals surface area contributed by atoms with Gasteiger partial charge in [0.1, 0.15) is 6.04 Å². The highest BCUT2D eigenvalue weighted by molar-refractivity contribution is 5.91. The van der Waals surface area contributed by atoms with Gasteiger partial charge >= 0.3 is 5.97 Å². The molecule has 0 aliphatic rings. The number of ether oxygens (including phenoxy) is 1. The average Bonchev–Trinajstić information content (AvgIpc) is 2.25. The number of hydrogen-bond acceptors (Lipinski definition) is 3. The van der Waals surface area contributed by atoms with E-state index in [1.54, 1.807) is 19.9 Å². The van der Waals surface area contributed by atoms with Gasteiger partial charge in [0.05, 0.1) is 6.61 Å². The minimum Gasteiger partial charge on any atom is -0.464 e. The summed E-state index contributed by atoms with van der Waals surface area (Å²) in [6.45, 7) is 8.09. The summed E-state index contributed by atoms with van der Waals surface area (Å²) in [5.41, 5.74) is 0. The largest absolute Gasteiger partial charge is 0.464 e. The summed E-state index contributed by atoms with van der Waals surface area (Å²) in [5, 5.41) is 0. The summed E-state index contributed by atoms with van der Waals surface area (Å²) in [7, 11) is 0. The van der Waals surface area contributed by atoms with E-state index in [9.17, 15) is 9.59 Å². The van der Waals surface area contributed by atoms with E-state index in [-0.39, 0.29) is 11.9 Å². The fraction of sp³-hybridized carbons (Fsp3) is 0.667. The molecule has 0 spiro atoms. The van der Waals surface area contributed by atoms with Gasteiger partial charge in [0.15, 0.2) is 0 Å². The van der Waals surface area contributed by atoms with Crippen LogP contribution >= 0.6 is 0 Å². The second-order valence-corrected chi connectivity index (χ2v) is 3.30. The van der Waals surface area contributed by atoms with E-state index >= 15 is 0 Å². The van der Waals surface area contributed by atoms with E-state index in [0.717, 1.165) is 0 Å². The SMILES string of the molecule is C/C=C/C(=O)N(CC)C(CC)C(=O)OCC. The first-order valence-corrected chi connectivity index (χ1v) is 5.72. The molecular weight excluding hydrogens is 206 g/mol. The van der Waals surface area contributed by atoms with Gasteiger partial charge in [0.25, 0.3) is 0 Å². The molecule has 0 rings (SSSR count). The van der Waals surface area contributed by atoms with Gasteiger partial charge in [-0.2, -0.15) is 0 Å². The molecule has 0 radical (unpaired) electrons. The Morgan fingerprint density at radius 1 is 1.31 bits per heavy atom. The van der Waals surface area contributed by atoms with E-state index < -0.39 is 6.04 Å². The first-order chi connectivity index (χ1) is 7.62. The van der Waals surface area contributed by atoms with Crippen molar-refractivity contribution in [1.29, 1.82) is 0 Å². The molecule has 4 nitrogen and oxygen atoms in total. The lowest BCUT2D eigenvalue weighted by Crippen LogP contribution is -2.44. The number of allylic oxidation sites excluding steroid dienone is 1. The predicted molar refractivity (Wildman–Crippen MR) is 62.9 cm³/mol. The maximum absolute atomic E-state index is 11.7. The standard InChI is InChI=1S/C12H21NO3/c1-5-9-11(14)13(7-3)10(6-2)12(15)16-8-4/h5,9-10H,6-8H2,1-4H3/b9-5+. The Balaban J connectivity index is 4.74. The zero-order chi connectivity index (χ0) is 12.6. The van der Waals surface area contributed by atoms with Crippen LogP contribution in [0.1, 0.15) is 34.1 Å². The van der Waals surface area contributed by atoms with Crippen molar-refractivity contribution in [3.05, 3.63) is 12.2 Å². The lowest BCUT2D eigenvalue weighted by Gasteiger charge is -2.27. The van der Waals surface area contributed by atoms with Crippen LogP contribution in [0.15, 0.2) is 12.2 Å². The first-order valence-electron chi connectivity index (χ1n) is 5.72. The molecule has 0 bridgehead atoms. The Morgan fingerprint density at radius 2 is 1.94 bits per heavy atom. The van der Waals surface area contributed by atoms with Crippen LogP contribution in [-0.2, 0) is 14.3 Å². The normalized spacial score (nSPS) is 12.5. The molecule has 1 amide bonds. The van der Waals surface area contributed by atoms with Crippen molar-refractivity contribution in [1.82, 2.24) is 4.90 Å². The number of likely N-dealkylation sites (N-methyl/N-ethyl adjacent to an activating group) is 1. The molecule has 92 valence electrons. The maximum atomic E-state index is 11.7. The summed E-state index contributed by atoms with van der Waals surface area (Å²) in [6.07, 6.45) is 3.70. The van der Waals surface area contributed by atoms with Crippen LogP contribution in [-0.4, -0.2) is 36.0 Å². The minimum absolute atomic E-state index is 0.148. The van der Waals surface area contributed by atoms with Gasteiger partial charge in [0, 0.05) is 6.54 Å². The molecule has 0 N–H and O–H groups in total. The van der Waals surface area contributed by atoms with Gasteiger partial charge in [-0.3, -0.25) is 4.79 Å². The molecule has 0 fully saturated rings. The van der Waals surface area contributed by atoms with Crippen molar-refractivity contribution in [2.24, 2.45) is 0 Å². The molecule has 0 aliphatic carbocycles. The van der Waals surface area contributed by atoms with Gasteiger partial charge in [-0.25, -0.2) is 4.79 Å². The molecule has 4 heteroatoms. The van der Waals surface area contributed by atoms with Crippen molar-refractivity contribution in [3.8, 4) is 0 Å². The summed E-state index contributed by atoms with van der Waals surface area (Å²) in [4.78, 5) is 24.9. The molecule has 16 heavy (non-hydrogen) atoms. The maximum Gasteiger partial charge on any atom is 0.328 e. The van der Waals surface area contributed by atoms with Gasteiger partial charge in [-0.05, 0) is 33.3 Å². The van der Waals surface area contributed by atoms with Crippen LogP contribution < -0.4 is 0 Å². The number of amides is 1. The number of carbonyl (C=O) groups is 2. The number of hydrogen-bond donors (Lipinski definition) is 0. The highest BCUT2D eigenvalue weighted by atomic mass is 16.5. The summed E-state index contributed by atoms with van der Waals surface area (Å²) >= 11 is 0. The lowest BCUT2D eigenvalue weighted by atomic mass is 10.2. The first kappa shape index (κ1) is 14.7. The Kier molecular flexibility index (Phi) is 7.25. The number of esters is 1. The van der Waals surface area contributed by atoms with Crippen molar-refractivity contribution < 1.29 is 14.3 Å². The molecular formula is C12H21NO3. The summed E-state index contributed by atoms with van der Waals surface area (Å²) in [6, 6.07) is -0.478. The van der Waals surface area contributed by atoms with Crippen LogP contribution in [0.2, 0.25) is 0 Å². The summed E-state index contributed by atoms with van der Waals surface area (Å²) < 4.78 is 4.95. The third-order valence-electron chi connectivity index (χ3n) is 2.25. The molecule has 0 saturated carbocycles. The van der Waals surface area contributed by atoms with Gasteiger partial charge < -0.3 is 9.64 Å². The van der Waals surface area contributed by atoms with Gasteiger partial charge in [0.2, 0.25) is 5.91 Å². The highest BCUT2D eigenvalue weighted by Crippen LogP contribution is 2.07. The molecule has 0 heterocycles. The molecule has 1 unspecified atom stereocenters. The van der Waals surface area contributed by atoms with Crippen molar-refractivity contribution in [2.75, 3.05) is 13.2 Å². The molecule has 0 aromatic rings. The number of rotatable bonds is 6. The van der Waals surface area contributed by atoms with Crippen molar-refractivity contribution in [3.63, 3.8) is 0 Å². The van der Waals surface area contributed by atoms with Crippen LogP contribution in [0, 0.1) is 0 Å². The molecule has 0 saturated heterocycles. The molecule has 0 aromatic carbocycles. The molecule has 0 aliphatic heterocycles.